The van der Waals surface area contributed by atoms with E-state index in [4.69, 9.17) is 5.11 Å². The molecule has 1 aromatic carbocycles. The van der Waals surface area contributed by atoms with Crippen LogP contribution in [0, 0.1) is 17.7 Å². The minimum Gasteiger partial charge on any atom is -0.478 e. The van der Waals surface area contributed by atoms with Crippen LogP contribution in [0.2, 0.25) is 0 Å². The molecule has 2 unspecified atom stereocenters. The normalized spacial score (nSPS) is 22.1. The van der Waals surface area contributed by atoms with Crippen molar-refractivity contribution in [2.24, 2.45) is 11.8 Å². The maximum absolute atomic E-state index is 13.5. The van der Waals surface area contributed by atoms with Crippen molar-refractivity contribution in [3.05, 3.63) is 35.1 Å². The van der Waals surface area contributed by atoms with Crippen LogP contribution in [0.1, 0.15) is 35.2 Å². The summed E-state index contributed by atoms with van der Waals surface area (Å²) in [6.45, 7) is 1.53. The Morgan fingerprint density at radius 1 is 1.35 bits per heavy atom. The summed E-state index contributed by atoms with van der Waals surface area (Å²) in [5, 5.41) is 21.3. The number of hydrogen-bond donors (Lipinski definition) is 3. The molecule has 1 fully saturated rings. The summed E-state index contributed by atoms with van der Waals surface area (Å²) in [4.78, 5) is 10.7. The van der Waals surface area contributed by atoms with Crippen LogP contribution in [-0.2, 0) is 6.54 Å². The van der Waals surface area contributed by atoms with Crippen molar-refractivity contribution in [2.45, 2.75) is 25.8 Å². The Labute approximate surface area is 117 Å². The summed E-state index contributed by atoms with van der Waals surface area (Å²) in [6, 6.07) is 4.17. The minimum absolute atomic E-state index is 0.230. The molecule has 0 bridgehead atoms. The highest BCUT2D eigenvalue weighted by Crippen LogP contribution is 2.30. The Morgan fingerprint density at radius 3 is 2.75 bits per heavy atom. The minimum atomic E-state index is -1.25. The Hall–Kier alpha value is -1.46. The van der Waals surface area contributed by atoms with E-state index in [1.165, 1.54) is 12.1 Å². The van der Waals surface area contributed by atoms with Gasteiger partial charge < -0.3 is 15.5 Å². The number of aliphatic hydroxyl groups excluding tert-OH is 1. The van der Waals surface area contributed by atoms with Gasteiger partial charge in [-0.05, 0) is 48.9 Å². The zero-order chi connectivity index (χ0) is 14.5. The largest absolute Gasteiger partial charge is 0.478 e. The molecule has 4 nitrogen and oxygen atoms in total. The lowest BCUT2D eigenvalue weighted by atomic mass is 9.97. The van der Waals surface area contributed by atoms with Gasteiger partial charge in [-0.3, -0.25) is 0 Å². The van der Waals surface area contributed by atoms with E-state index >= 15 is 0 Å². The second kappa shape index (κ2) is 6.81. The van der Waals surface area contributed by atoms with Crippen LogP contribution in [0.4, 0.5) is 4.39 Å². The number of carboxylic acid groups (broad SMARTS) is 1. The van der Waals surface area contributed by atoms with Gasteiger partial charge in [-0.1, -0.05) is 12.5 Å². The van der Waals surface area contributed by atoms with Crippen LogP contribution >= 0.6 is 0 Å². The Balaban J connectivity index is 1.85. The second-order valence-electron chi connectivity index (χ2n) is 5.38. The number of nitrogens with one attached hydrogen (secondary N) is 1. The van der Waals surface area contributed by atoms with Crippen molar-refractivity contribution < 1.29 is 19.4 Å². The fourth-order valence-electron chi connectivity index (χ4n) is 2.87. The number of aromatic carboxylic acids is 1. The number of aliphatic hydroxyl groups is 1. The first-order chi connectivity index (χ1) is 9.61. The zero-order valence-electron chi connectivity index (χ0n) is 11.3. The average Bonchev–Trinajstić information content (AvgIpc) is 2.86. The van der Waals surface area contributed by atoms with E-state index in [2.05, 4.69) is 5.32 Å². The quantitative estimate of drug-likeness (QED) is 0.746. The van der Waals surface area contributed by atoms with Crippen molar-refractivity contribution in [1.29, 1.82) is 0 Å². The number of carbonyl (C=O) groups is 1. The smallest absolute Gasteiger partial charge is 0.338 e. The van der Waals surface area contributed by atoms with Crippen LogP contribution in [0.25, 0.3) is 0 Å². The fourth-order valence-corrected chi connectivity index (χ4v) is 2.87. The molecular weight excluding hydrogens is 261 g/mol. The first-order valence-corrected chi connectivity index (χ1v) is 6.95. The third-order valence-electron chi connectivity index (χ3n) is 4.05. The van der Waals surface area contributed by atoms with Gasteiger partial charge >= 0.3 is 5.97 Å². The van der Waals surface area contributed by atoms with Crippen LogP contribution in [0.15, 0.2) is 18.2 Å². The van der Waals surface area contributed by atoms with E-state index in [-0.39, 0.29) is 12.2 Å². The summed E-state index contributed by atoms with van der Waals surface area (Å²) in [7, 11) is 0. The molecule has 0 spiro atoms. The number of benzene rings is 1. The number of halogens is 1. The van der Waals surface area contributed by atoms with E-state index < -0.39 is 11.8 Å². The van der Waals surface area contributed by atoms with Gasteiger partial charge in [-0.15, -0.1) is 0 Å². The molecule has 20 heavy (non-hydrogen) atoms. The molecule has 1 aliphatic rings. The summed E-state index contributed by atoms with van der Waals surface area (Å²) in [5.41, 5.74) is 0.427. The van der Waals surface area contributed by atoms with Crippen LogP contribution < -0.4 is 5.32 Å². The monoisotopic (exact) mass is 281 g/mol. The van der Waals surface area contributed by atoms with Crippen LogP contribution in [0.3, 0.4) is 0 Å². The predicted molar refractivity (Wildman–Crippen MR) is 73.0 cm³/mol. The van der Waals surface area contributed by atoms with Crippen molar-refractivity contribution in [1.82, 2.24) is 5.32 Å². The summed E-state index contributed by atoms with van der Waals surface area (Å²) < 4.78 is 13.5. The third-order valence-corrected chi connectivity index (χ3v) is 4.05. The third kappa shape index (κ3) is 3.55. The van der Waals surface area contributed by atoms with Gasteiger partial charge in [0, 0.05) is 13.2 Å². The van der Waals surface area contributed by atoms with Gasteiger partial charge in [0.2, 0.25) is 0 Å². The van der Waals surface area contributed by atoms with Crippen LogP contribution in [-0.4, -0.2) is 29.3 Å². The van der Waals surface area contributed by atoms with Gasteiger partial charge in [-0.2, -0.15) is 0 Å². The summed E-state index contributed by atoms with van der Waals surface area (Å²) in [5.74, 6) is -1.11. The molecular formula is C15H20FNO3. The Bertz CT molecular complexity index is 478. The molecule has 0 heterocycles. The lowest BCUT2D eigenvalue weighted by Gasteiger charge is -2.17. The van der Waals surface area contributed by atoms with Gasteiger partial charge in [-0.25, -0.2) is 9.18 Å². The van der Waals surface area contributed by atoms with Crippen LogP contribution in [0.5, 0.6) is 0 Å². The molecule has 0 saturated heterocycles. The van der Waals surface area contributed by atoms with Gasteiger partial charge in [0.15, 0.2) is 0 Å². The molecule has 0 aromatic heterocycles. The molecule has 0 amide bonds. The maximum atomic E-state index is 13.5. The average molecular weight is 281 g/mol. The standard InChI is InChI=1S/C15H20FNO3/c16-14-6-10(4-5-13(14)15(19)20)7-17-8-11-2-1-3-12(11)9-18/h4-6,11-12,17-18H,1-3,7-9H2,(H,19,20). The van der Waals surface area contributed by atoms with Crippen molar-refractivity contribution >= 4 is 5.97 Å². The van der Waals surface area contributed by atoms with E-state index in [9.17, 15) is 14.3 Å². The lowest BCUT2D eigenvalue weighted by molar-refractivity contribution is 0.0692. The first-order valence-electron chi connectivity index (χ1n) is 6.95. The molecule has 3 N–H and O–H groups in total. The van der Waals surface area contributed by atoms with E-state index in [0.29, 0.717) is 18.4 Å². The number of carboxylic acids is 1. The fraction of sp³-hybridized carbons (Fsp3) is 0.533. The molecule has 0 aliphatic heterocycles. The topological polar surface area (TPSA) is 69.6 Å². The van der Waals surface area contributed by atoms with Crippen molar-refractivity contribution in [3.8, 4) is 0 Å². The molecule has 1 aromatic rings. The van der Waals surface area contributed by atoms with E-state index in [0.717, 1.165) is 31.4 Å². The molecule has 110 valence electrons. The number of hydrogen-bond acceptors (Lipinski definition) is 3. The van der Waals surface area contributed by atoms with Gasteiger partial charge in [0.25, 0.3) is 0 Å². The highest BCUT2D eigenvalue weighted by atomic mass is 19.1. The lowest BCUT2D eigenvalue weighted by Crippen LogP contribution is -2.26. The molecule has 1 saturated carbocycles. The Kier molecular flexibility index (Phi) is 5.09. The number of rotatable bonds is 6. The van der Waals surface area contributed by atoms with Gasteiger partial charge in [0.1, 0.15) is 5.82 Å². The summed E-state index contributed by atoms with van der Waals surface area (Å²) in [6.07, 6.45) is 3.34. The first kappa shape index (κ1) is 14.9. The molecule has 2 rings (SSSR count). The predicted octanol–water partition coefficient (Wildman–Crippen LogP) is 2.02. The SMILES string of the molecule is O=C(O)c1ccc(CNCC2CCCC2CO)cc1F. The Morgan fingerprint density at radius 2 is 2.10 bits per heavy atom. The maximum Gasteiger partial charge on any atom is 0.338 e. The zero-order valence-corrected chi connectivity index (χ0v) is 11.3. The van der Waals surface area contributed by atoms with Crippen molar-refractivity contribution in [2.75, 3.05) is 13.2 Å². The molecule has 0 radical (unpaired) electrons. The molecule has 1 aliphatic carbocycles. The van der Waals surface area contributed by atoms with Crippen molar-refractivity contribution in [3.63, 3.8) is 0 Å². The highest BCUT2D eigenvalue weighted by molar-refractivity contribution is 5.87. The summed E-state index contributed by atoms with van der Waals surface area (Å²) >= 11 is 0. The molecule has 2 atom stereocenters. The van der Waals surface area contributed by atoms with Gasteiger partial charge in [0.05, 0.1) is 5.56 Å². The second-order valence-corrected chi connectivity index (χ2v) is 5.38. The highest BCUT2D eigenvalue weighted by Gasteiger charge is 2.25. The molecule has 5 heteroatoms. The van der Waals surface area contributed by atoms with E-state index in [1.54, 1.807) is 6.07 Å². The van der Waals surface area contributed by atoms with E-state index in [1.807, 2.05) is 0 Å².